The lowest BCUT2D eigenvalue weighted by molar-refractivity contribution is 0.106. The Morgan fingerprint density at radius 2 is 2.32 bits per heavy atom. The maximum Gasteiger partial charge on any atom is 0.172 e. The second-order valence-electron chi connectivity index (χ2n) is 4.85. The molecule has 1 aliphatic rings. The van der Waals surface area contributed by atoms with E-state index in [1.54, 1.807) is 0 Å². The largest absolute Gasteiger partial charge is 0.409 e. The molecule has 104 valence electrons. The average molecular weight is 263 g/mol. The monoisotopic (exact) mass is 263 g/mol. The van der Waals surface area contributed by atoms with Gasteiger partial charge in [0.1, 0.15) is 0 Å². The van der Waals surface area contributed by atoms with Crippen LogP contribution in [0.25, 0.3) is 0 Å². The van der Waals surface area contributed by atoms with Gasteiger partial charge in [0.25, 0.3) is 0 Å². The third-order valence-electron chi connectivity index (χ3n) is 3.51. The van der Waals surface area contributed by atoms with Crippen LogP contribution in [-0.4, -0.2) is 37.3 Å². The van der Waals surface area contributed by atoms with Crippen LogP contribution in [-0.2, 0) is 4.74 Å². The highest BCUT2D eigenvalue weighted by Crippen LogP contribution is 2.21. The molecule has 0 bridgehead atoms. The molecule has 0 aliphatic carbocycles. The zero-order chi connectivity index (χ0) is 13.7. The van der Waals surface area contributed by atoms with Gasteiger partial charge in [-0.2, -0.15) is 0 Å². The molecule has 0 spiro atoms. The molecule has 0 amide bonds. The Morgan fingerprint density at radius 1 is 1.53 bits per heavy atom. The van der Waals surface area contributed by atoms with Gasteiger partial charge in [0.05, 0.1) is 6.10 Å². The predicted octanol–water partition coefficient (Wildman–Crippen LogP) is 1.79. The Morgan fingerprint density at radius 3 is 3.00 bits per heavy atom. The van der Waals surface area contributed by atoms with E-state index < -0.39 is 0 Å². The summed E-state index contributed by atoms with van der Waals surface area (Å²) in [5.41, 5.74) is 7.42. The van der Waals surface area contributed by atoms with Crippen molar-refractivity contribution in [1.29, 1.82) is 0 Å². The minimum Gasteiger partial charge on any atom is -0.409 e. The van der Waals surface area contributed by atoms with Gasteiger partial charge in [-0.05, 0) is 31.4 Å². The summed E-state index contributed by atoms with van der Waals surface area (Å²) in [6, 6.07) is 7.66. The highest BCUT2D eigenvalue weighted by molar-refractivity contribution is 6.02. The first-order valence-electron chi connectivity index (χ1n) is 6.62. The van der Waals surface area contributed by atoms with Gasteiger partial charge in [-0.3, -0.25) is 0 Å². The molecule has 19 heavy (non-hydrogen) atoms. The lowest BCUT2D eigenvalue weighted by atomic mass is 10.1. The summed E-state index contributed by atoms with van der Waals surface area (Å²) >= 11 is 0. The zero-order valence-corrected chi connectivity index (χ0v) is 11.2. The summed E-state index contributed by atoms with van der Waals surface area (Å²) in [5, 5.41) is 11.9. The van der Waals surface area contributed by atoms with Crippen molar-refractivity contribution in [2.45, 2.75) is 25.4 Å². The smallest absolute Gasteiger partial charge is 0.172 e. The summed E-state index contributed by atoms with van der Waals surface area (Å²) < 4.78 is 5.62. The predicted molar refractivity (Wildman–Crippen MR) is 75.8 cm³/mol. The van der Waals surface area contributed by atoms with E-state index in [1.165, 1.54) is 0 Å². The first kappa shape index (κ1) is 13.7. The normalized spacial score (nSPS) is 19.6. The molecule has 3 N–H and O–H groups in total. The van der Waals surface area contributed by atoms with Crippen LogP contribution in [0.5, 0.6) is 0 Å². The quantitative estimate of drug-likeness (QED) is 0.368. The van der Waals surface area contributed by atoms with Crippen molar-refractivity contribution in [2.75, 3.05) is 25.1 Å². The highest BCUT2D eigenvalue weighted by atomic mass is 16.5. The van der Waals surface area contributed by atoms with Crippen molar-refractivity contribution in [3.05, 3.63) is 29.8 Å². The number of para-hydroxylation sites is 1. The van der Waals surface area contributed by atoms with Crippen LogP contribution in [0.2, 0.25) is 0 Å². The summed E-state index contributed by atoms with van der Waals surface area (Å²) in [6.45, 7) is 1.77. The van der Waals surface area contributed by atoms with Gasteiger partial charge in [0, 0.05) is 31.5 Å². The van der Waals surface area contributed by atoms with E-state index in [9.17, 15) is 0 Å². The minimum atomic E-state index is 0.138. The second-order valence-corrected chi connectivity index (χ2v) is 4.85. The minimum absolute atomic E-state index is 0.138. The third kappa shape index (κ3) is 3.38. The fourth-order valence-corrected chi connectivity index (χ4v) is 2.41. The molecule has 0 aromatic heterocycles. The number of benzene rings is 1. The van der Waals surface area contributed by atoms with Crippen LogP contribution < -0.4 is 10.6 Å². The maximum absolute atomic E-state index is 8.82. The van der Waals surface area contributed by atoms with E-state index in [-0.39, 0.29) is 5.84 Å². The third-order valence-corrected chi connectivity index (χ3v) is 3.51. The summed E-state index contributed by atoms with van der Waals surface area (Å²) in [6.07, 6.45) is 3.68. The molecule has 1 saturated heterocycles. The number of amidine groups is 1. The van der Waals surface area contributed by atoms with E-state index in [0.29, 0.717) is 6.10 Å². The zero-order valence-electron chi connectivity index (χ0n) is 11.2. The van der Waals surface area contributed by atoms with Crippen LogP contribution in [0.15, 0.2) is 29.4 Å². The van der Waals surface area contributed by atoms with Crippen LogP contribution in [0.3, 0.4) is 0 Å². The van der Waals surface area contributed by atoms with Crippen molar-refractivity contribution in [1.82, 2.24) is 0 Å². The number of nitrogens with zero attached hydrogens (tertiary/aromatic N) is 2. The fraction of sp³-hybridized carbons (Fsp3) is 0.500. The topological polar surface area (TPSA) is 71.1 Å². The molecular weight excluding hydrogens is 242 g/mol. The van der Waals surface area contributed by atoms with Crippen LogP contribution in [0.1, 0.15) is 24.8 Å². The van der Waals surface area contributed by atoms with Crippen LogP contribution >= 0.6 is 0 Å². The first-order chi connectivity index (χ1) is 9.22. The molecule has 1 unspecified atom stereocenters. The van der Waals surface area contributed by atoms with Crippen LogP contribution in [0.4, 0.5) is 5.69 Å². The Bertz CT molecular complexity index is 442. The SMILES string of the molecule is CN(CCC1CCCO1)c1ccccc1C(N)=NO. The molecule has 1 aromatic carbocycles. The number of rotatable bonds is 5. The van der Waals surface area contributed by atoms with Gasteiger partial charge < -0.3 is 20.6 Å². The first-order valence-corrected chi connectivity index (χ1v) is 6.62. The molecule has 1 aliphatic heterocycles. The number of nitrogens with two attached hydrogens (primary N) is 1. The fourth-order valence-electron chi connectivity index (χ4n) is 2.41. The number of oxime groups is 1. The molecule has 5 nitrogen and oxygen atoms in total. The van der Waals surface area contributed by atoms with Crippen molar-refractivity contribution < 1.29 is 9.94 Å². The molecule has 0 saturated carbocycles. The van der Waals surface area contributed by atoms with Gasteiger partial charge in [0.15, 0.2) is 5.84 Å². The number of hydrogen-bond donors (Lipinski definition) is 2. The maximum atomic E-state index is 8.82. The highest BCUT2D eigenvalue weighted by Gasteiger charge is 2.17. The van der Waals surface area contributed by atoms with E-state index in [4.69, 9.17) is 15.7 Å². The number of anilines is 1. The van der Waals surface area contributed by atoms with Gasteiger partial charge in [0.2, 0.25) is 0 Å². The lowest BCUT2D eigenvalue weighted by Gasteiger charge is -2.23. The molecular formula is C14H21N3O2. The Kier molecular flexibility index (Phi) is 4.63. The number of ether oxygens (including phenoxy) is 1. The molecule has 1 atom stereocenters. The van der Waals surface area contributed by atoms with Gasteiger partial charge in [-0.25, -0.2) is 0 Å². The van der Waals surface area contributed by atoms with E-state index >= 15 is 0 Å². The van der Waals surface area contributed by atoms with Gasteiger partial charge in [-0.15, -0.1) is 0 Å². The second kappa shape index (κ2) is 6.43. The summed E-state index contributed by atoms with van der Waals surface area (Å²) in [5.74, 6) is 0.138. The van der Waals surface area contributed by atoms with Crippen molar-refractivity contribution in [3.8, 4) is 0 Å². The molecule has 5 heteroatoms. The van der Waals surface area contributed by atoms with Gasteiger partial charge >= 0.3 is 0 Å². The Hall–Kier alpha value is -1.75. The Balaban J connectivity index is 2.03. The van der Waals surface area contributed by atoms with Crippen molar-refractivity contribution in [3.63, 3.8) is 0 Å². The molecule has 1 aromatic rings. The average Bonchev–Trinajstić information content (AvgIpc) is 2.97. The summed E-state index contributed by atoms with van der Waals surface area (Å²) in [7, 11) is 2.01. The lowest BCUT2D eigenvalue weighted by Crippen LogP contribution is -2.26. The van der Waals surface area contributed by atoms with E-state index in [2.05, 4.69) is 10.1 Å². The Labute approximate surface area is 113 Å². The van der Waals surface area contributed by atoms with E-state index in [0.717, 1.165) is 43.7 Å². The van der Waals surface area contributed by atoms with Gasteiger partial charge in [-0.1, -0.05) is 17.3 Å². The molecule has 1 heterocycles. The van der Waals surface area contributed by atoms with Crippen LogP contribution in [0, 0.1) is 0 Å². The number of hydrogen-bond acceptors (Lipinski definition) is 4. The summed E-state index contributed by atoms with van der Waals surface area (Å²) in [4.78, 5) is 2.12. The van der Waals surface area contributed by atoms with Crippen molar-refractivity contribution in [2.24, 2.45) is 10.9 Å². The molecule has 2 rings (SSSR count). The molecule has 0 radical (unpaired) electrons. The van der Waals surface area contributed by atoms with E-state index in [1.807, 2.05) is 31.3 Å². The standard InChI is InChI=1S/C14H21N3O2/c1-17(9-8-11-5-4-10-19-11)13-7-3-2-6-12(13)14(15)16-18/h2-3,6-7,11,18H,4-5,8-10H2,1H3,(H2,15,16). The van der Waals surface area contributed by atoms with Crippen molar-refractivity contribution >= 4 is 11.5 Å². The molecule has 1 fully saturated rings.